The molecular formula is C22H18IN. The molecule has 0 N–H and O–H groups in total. The minimum atomic E-state index is 0. The highest BCUT2D eigenvalue weighted by atomic mass is 127. The molecule has 1 heterocycles. The maximum absolute atomic E-state index is 2.27. The maximum atomic E-state index is 2.27. The van der Waals surface area contributed by atoms with Crippen LogP contribution >= 0.6 is 0 Å². The van der Waals surface area contributed by atoms with Crippen LogP contribution in [0.25, 0.3) is 33.7 Å². The van der Waals surface area contributed by atoms with Crippen molar-refractivity contribution in [1.82, 2.24) is 0 Å². The van der Waals surface area contributed by atoms with Gasteiger partial charge in [-0.25, -0.2) is 4.57 Å². The predicted molar refractivity (Wildman–Crippen MR) is 98.0 cm³/mol. The quantitative estimate of drug-likeness (QED) is 0.264. The Morgan fingerprint density at radius 2 is 1.33 bits per heavy atom. The number of halogens is 1. The van der Waals surface area contributed by atoms with E-state index in [0.29, 0.717) is 0 Å². The molecule has 0 aliphatic heterocycles. The molecule has 0 saturated heterocycles. The lowest BCUT2D eigenvalue weighted by molar-refractivity contribution is -0.671. The molecule has 0 aliphatic carbocycles. The van der Waals surface area contributed by atoms with Crippen LogP contribution in [0.15, 0.2) is 79.1 Å². The highest BCUT2D eigenvalue weighted by Crippen LogP contribution is 2.29. The summed E-state index contributed by atoms with van der Waals surface area (Å²) in [6, 6.07) is 23.7. The third-order valence-electron chi connectivity index (χ3n) is 4.26. The molecule has 0 saturated carbocycles. The number of hydrogen-bond acceptors (Lipinski definition) is 0. The molecule has 1 nitrogen and oxygen atoms in total. The van der Waals surface area contributed by atoms with Gasteiger partial charge in [0.05, 0.1) is 0 Å². The Kier molecular flexibility index (Phi) is 4.95. The Morgan fingerprint density at radius 1 is 0.708 bits per heavy atom. The van der Waals surface area contributed by atoms with Crippen LogP contribution in [0.3, 0.4) is 0 Å². The third-order valence-corrected chi connectivity index (χ3v) is 4.26. The van der Waals surface area contributed by atoms with Crippen molar-refractivity contribution in [2.45, 2.75) is 0 Å². The number of pyridine rings is 1. The number of aryl methyl sites for hydroxylation is 1. The van der Waals surface area contributed by atoms with E-state index in [1.165, 1.54) is 32.7 Å². The molecule has 4 rings (SSSR count). The number of nitrogens with zero attached hydrogens (tertiary/aromatic N) is 1. The molecule has 0 fully saturated rings. The van der Waals surface area contributed by atoms with Crippen molar-refractivity contribution >= 4 is 33.7 Å². The van der Waals surface area contributed by atoms with Gasteiger partial charge in [-0.2, -0.15) is 0 Å². The van der Waals surface area contributed by atoms with Crippen LogP contribution in [0.2, 0.25) is 0 Å². The van der Waals surface area contributed by atoms with Gasteiger partial charge in [-0.05, 0) is 38.7 Å². The van der Waals surface area contributed by atoms with Gasteiger partial charge < -0.3 is 24.0 Å². The second-order valence-corrected chi connectivity index (χ2v) is 5.86. The van der Waals surface area contributed by atoms with Gasteiger partial charge in [-0.1, -0.05) is 60.7 Å². The van der Waals surface area contributed by atoms with Gasteiger partial charge in [0.15, 0.2) is 12.4 Å². The molecule has 1 aromatic heterocycles. The first kappa shape index (κ1) is 16.7. The summed E-state index contributed by atoms with van der Waals surface area (Å²) in [5.41, 5.74) is 2.47. The molecule has 0 atom stereocenters. The first-order chi connectivity index (χ1) is 11.3. The molecule has 4 aromatic rings. The SMILES string of the molecule is C[n+]1ccc(/C=C/c2cc3ccccc3c3ccccc23)cc1.[I-]. The molecule has 0 amide bonds. The number of fused-ring (bicyclic) bond motifs is 3. The lowest BCUT2D eigenvalue weighted by Crippen LogP contribution is -3.00. The van der Waals surface area contributed by atoms with Crippen LogP contribution in [-0.4, -0.2) is 0 Å². The summed E-state index contributed by atoms with van der Waals surface area (Å²) in [7, 11) is 2.03. The summed E-state index contributed by atoms with van der Waals surface area (Å²) in [5, 5.41) is 5.20. The largest absolute Gasteiger partial charge is 1.00 e. The predicted octanol–water partition coefficient (Wildman–Crippen LogP) is 1.99. The molecular weight excluding hydrogens is 405 g/mol. The Labute approximate surface area is 159 Å². The van der Waals surface area contributed by atoms with Crippen molar-refractivity contribution in [3.05, 3.63) is 90.3 Å². The summed E-state index contributed by atoms with van der Waals surface area (Å²) >= 11 is 0. The van der Waals surface area contributed by atoms with Crippen LogP contribution in [-0.2, 0) is 7.05 Å². The highest BCUT2D eigenvalue weighted by molar-refractivity contribution is 6.11. The molecule has 118 valence electrons. The zero-order valence-electron chi connectivity index (χ0n) is 13.5. The minimum Gasteiger partial charge on any atom is -1.00 e. The van der Waals surface area contributed by atoms with Crippen LogP contribution in [0, 0.1) is 0 Å². The van der Waals surface area contributed by atoms with Gasteiger partial charge in [0.1, 0.15) is 7.05 Å². The summed E-state index contributed by atoms with van der Waals surface area (Å²) in [6.07, 6.45) is 8.52. The minimum absolute atomic E-state index is 0. The number of rotatable bonds is 2. The molecule has 0 radical (unpaired) electrons. The van der Waals surface area contributed by atoms with Crippen LogP contribution < -0.4 is 28.5 Å². The average Bonchev–Trinajstić information content (AvgIpc) is 2.61. The monoisotopic (exact) mass is 423 g/mol. The summed E-state index contributed by atoms with van der Waals surface area (Å²) in [4.78, 5) is 0. The average molecular weight is 423 g/mol. The topological polar surface area (TPSA) is 3.88 Å². The first-order valence-corrected chi connectivity index (χ1v) is 7.85. The Balaban J connectivity index is 0.00000169. The van der Waals surface area contributed by atoms with E-state index in [4.69, 9.17) is 0 Å². The summed E-state index contributed by atoms with van der Waals surface area (Å²) < 4.78 is 2.04. The molecule has 0 spiro atoms. The van der Waals surface area contributed by atoms with Gasteiger partial charge in [-0.3, -0.25) is 0 Å². The van der Waals surface area contributed by atoms with Gasteiger partial charge >= 0.3 is 0 Å². The van der Waals surface area contributed by atoms with Crippen molar-refractivity contribution in [1.29, 1.82) is 0 Å². The molecule has 2 heteroatoms. The van der Waals surface area contributed by atoms with Crippen molar-refractivity contribution in [3.8, 4) is 0 Å². The normalized spacial score (nSPS) is 11.0. The Morgan fingerprint density at radius 3 is 2.08 bits per heavy atom. The van der Waals surface area contributed by atoms with E-state index in [9.17, 15) is 0 Å². The van der Waals surface area contributed by atoms with E-state index in [1.54, 1.807) is 0 Å². The number of aromatic nitrogens is 1. The smallest absolute Gasteiger partial charge is 0.169 e. The fourth-order valence-corrected chi connectivity index (χ4v) is 3.03. The van der Waals surface area contributed by atoms with Gasteiger partial charge in [0.2, 0.25) is 0 Å². The van der Waals surface area contributed by atoms with E-state index in [2.05, 4.69) is 91.3 Å². The van der Waals surface area contributed by atoms with Gasteiger partial charge in [0.25, 0.3) is 0 Å². The van der Waals surface area contributed by atoms with E-state index >= 15 is 0 Å². The van der Waals surface area contributed by atoms with Crippen molar-refractivity contribution in [2.24, 2.45) is 7.05 Å². The molecule has 0 bridgehead atoms. The Bertz CT molecular complexity index is 1020. The lowest BCUT2D eigenvalue weighted by atomic mass is 9.97. The Hall–Kier alpha value is -2.20. The first-order valence-electron chi connectivity index (χ1n) is 7.85. The zero-order chi connectivity index (χ0) is 15.6. The lowest BCUT2D eigenvalue weighted by Gasteiger charge is -2.07. The molecule has 0 aliphatic rings. The van der Waals surface area contributed by atoms with E-state index < -0.39 is 0 Å². The van der Waals surface area contributed by atoms with Crippen LogP contribution in [0.1, 0.15) is 11.1 Å². The second-order valence-electron chi connectivity index (χ2n) is 5.86. The van der Waals surface area contributed by atoms with Gasteiger partial charge in [0, 0.05) is 12.1 Å². The van der Waals surface area contributed by atoms with Gasteiger partial charge in [-0.15, -0.1) is 0 Å². The third kappa shape index (κ3) is 3.20. The van der Waals surface area contributed by atoms with Crippen LogP contribution in [0.5, 0.6) is 0 Å². The number of benzene rings is 3. The van der Waals surface area contributed by atoms with Crippen molar-refractivity contribution < 1.29 is 28.5 Å². The zero-order valence-corrected chi connectivity index (χ0v) is 15.6. The van der Waals surface area contributed by atoms with E-state index in [1.807, 2.05) is 11.6 Å². The van der Waals surface area contributed by atoms with Crippen LogP contribution in [0.4, 0.5) is 0 Å². The standard InChI is InChI=1S/C22H18N.HI/c1-23-14-12-17(13-15-23)10-11-19-16-18-6-2-3-7-20(18)22-9-5-4-8-21(19)22;/h2-16H,1H3;1H/q+1;/p-1/b11-10+;. The fraction of sp³-hybridized carbons (Fsp3) is 0.0455. The molecule has 3 aromatic carbocycles. The second kappa shape index (κ2) is 7.14. The summed E-state index contributed by atoms with van der Waals surface area (Å²) in [6.45, 7) is 0. The van der Waals surface area contributed by atoms with E-state index in [-0.39, 0.29) is 24.0 Å². The van der Waals surface area contributed by atoms with E-state index in [0.717, 1.165) is 0 Å². The number of hydrogen-bond donors (Lipinski definition) is 0. The molecule has 24 heavy (non-hydrogen) atoms. The van der Waals surface area contributed by atoms with Crippen molar-refractivity contribution in [2.75, 3.05) is 0 Å². The van der Waals surface area contributed by atoms with Crippen molar-refractivity contribution in [3.63, 3.8) is 0 Å². The summed E-state index contributed by atoms with van der Waals surface area (Å²) in [5.74, 6) is 0. The fourth-order valence-electron chi connectivity index (χ4n) is 3.03. The molecule has 0 unspecified atom stereocenters. The highest BCUT2D eigenvalue weighted by Gasteiger charge is 2.04. The maximum Gasteiger partial charge on any atom is 0.169 e.